The number of hydrogen-bond acceptors (Lipinski definition) is 4. The van der Waals surface area contributed by atoms with Crippen LogP contribution < -0.4 is 10.6 Å². The number of anilines is 3. The van der Waals surface area contributed by atoms with E-state index < -0.39 is 0 Å². The Morgan fingerprint density at radius 2 is 1.57 bits per heavy atom. The maximum Gasteiger partial charge on any atom is 0.275 e. The van der Waals surface area contributed by atoms with Gasteiger partial charge < -0.3 is 10.6 Å². The smallest absolute Gasteiger partial charge is 0.275 e. The average Bonchev–Trinajstić information content (AvgIpc) is 3.05. The van der Waals surface area contributed by atoms with Gasteiger partial charge in [0.05, 0.1) is 5.51 Å². The lowest BCUT2D eigenvalue weighted by Gasteiger charge is -2.08. The van der Waals surface area contributed by atoms with E-state index in [-0.39, 0.29) is 5.91 Å². The zero-order chi connectivity index (χ0) is 14.5. The summed E-state index contributed by atoms with van der Waals surface area (Å²) in [6.45, 7) is 0. The van der Waals surface area contributed by atoms with Crippen LogP contribution in [0.2, 0.25) is 0 Å². The standard InChI is InChI=1S/C16H13N3OS/c20-16(15-10-21-11-17-15)19-14-8-6-13(7-9-14)18-12-4-2-1-3-5-12/h1-11,18H,(H,19,20). The minimum Gasteiger partial charge on any atom is -0.356 e. The van der Waals surface area contributed by atoms with E-state index in [1.807, 2.05) is 54.6 Å². The van der Waals surface area contributed by atoms with Crippen molar-refractivity contribution >= 4 is 34.3 Å². The molecule has 0 bridgehead atoms. The zero-order valence-electron chi connectivity index (χ0n) is 11.1. The highest BCUT2D eigenvalue weighted by Crippen LogP contribution is 2.19. The Morgan fingerprint density at radius 3 is 2.24 bits per heavy atom. The Labute approximate surface area is 126 Å². The molecule has 0 aliphatic carbocycles. The predicted molar refractivity (Wildman–Crippen MR) is 86.2 cm³/mol. The summed E-state index contributed by atoms with van der Waals surface area (Å²) in [5, 5.41) is 7.82. The molecule has 4 nitrogen and oxygen atoms in total. The van der Waals surface area contributed by atoms with Crippen molar-refractivity contribution in [2.45, 2.75) is 0 Å². The van der Waals surface area contributed by atoms with E-state index in [0.717, 1.165) is 17.1 Å². The number of thiazole rings is 1. The van der Waals surface area contributed by atoms with Gasteiger partial charge in [-0.2, -0.15) is 0 Å². The van der Waals surface area contributed by atoms with Crippen LogP contribution in [0.3, 0.4) is 0 Å². The summed E-state index contributed by atoms with van der Waals surface area (Å²) in [6.07, 6.45) is 0. The topological polar surface area (TPSA) is 54.0 Å². The van der Waals surface area contributed by atoms with Gasteiger partial charge in [-0.3, -0.25) is 4.79 Å². The molecule has 0 radical (unpaired) electrons. The van der Waals surface area contributed by atoms with Gasteiger partial charge in [-0.05, 0) is 36.4 Å². The summed E-state index contributed by atoms with van der Waals surface area (Å²) < 4.78 is 0. The number of nitrogens with one attached hydrogen (secondary N) is 2. The normalized spacial score (nSPS) is 10.1. The van der Waals surface area contributed by atoms with Gasteiger partial charge in [0.15, 0.2) is 0 Å². The van der Waals surface area contributed by atoms with Crippen LogP contribution in [0.1, 0.15) is 10.5 Å². The predicted octanol–water partition coefficient (Wildman–Crippen LogP) is 4.14. The van der Waals surface area contributed by atoms with Crippen molar-refractivity contribution in [3.63, 3.8) is 0 Å². The summed E-state index contributed by atoms with van der Waals surface area (Å²) in [4.78, 5) is 15.8. The van der Waals surface area contributed by atoms with Crippen molar-refractivity contribution in [2.24, 2.45) is 0 Å². The maximum atomic E-state index is 11.9. The van der Waals surface area contributed by atoms with Gasteiger partial charge in [0.25, 0.3) is 5.91 Å². The monoisotopic (exact) mass is 295 g/mol. The molecule has 1 amide bonds. The van der Waals surface area contributed by atoms with Crippen molar-refractivity contribution in [1.29, 1.82) is 0 Å². The highest BCUT2D eigenvalue weighted by molar-refractivity contribution is 7.07. The molecule has 0 saturated carbocycles. The van der Waals surface area contributed by atoms with Gasteiger partial charge in [-0.15, -0.1) is 11.3 Å². The number of aromatic nitrogens is 1. The Balaban J connectivity index is 1.65. The summed E-state index contributed by atoms with van der Waals surface area (Å²) in [6, 6.07) is 17.5. The number of benzene rings is 2. The van der Waals surface area contributed by atoms with E-state index in [9.17, 15) is 4.79 Å². The third kappa shape index (κ3) is 3.46. The molecule has 1 heterocycles. The summed E-state index contributed by atoms with van der Waals surface area (Å²) in [5.41, 5.74) is 4.81. The third-order valence-electron chi connectivity index (χ3n) is 2.87. The first kappa shape index (κ1) is 13.3. The van der Waals surface area contributed by atoms with Crippen LogP contribution in [-0.4, -0.2) is 10.9 Å². The molecular formula is C16H13N3OS. The fourth-order valence-corrected chi connectivity index (χ4v) is 2.38. The van der Waals surface area contributed by atoms with E-state index >= 15 is 0 Å². The minimum absolute atomic E-state index is 0.194. The molecule has 3 rings (SSSR count). The third-order valence-corrected chi connectivity index (χ3v) is 3.46. The molecule has 0 aliphatic rings. The van der Waals surface area contributed by atoms with Crippen molar-refractivity contribution in [3.8, 4) is 0 Å². The lowest BCUT2D eigenvalue weighted by atomic mass is 10.2. The highest BCUT2D eigenvalue weighted by atomic mass is 32.1. The minimum atomic E-state index is -0.194. The summed E-state index contributed by atoms with van der Waals surface area (Å²) in [7, 11) is 0. The summed E-state index contributed by atoms with van der Waals surface area (Å²) in [5.74, 6) is -0.194. The molecule has 0 aliphatic heterocycles. The van der Waals surface area contributed by atoms with Crippen LogP contribution in [0.5, 0.6) is 0 Å². The van der Waals surface area contributed by atoms with Crippen LogP contribution in [0.15, 0.2) is 65.5 Å². The van der Waals surface area contributed by atoms with Gasteiger partial charge in [-0.1, -0.05) is 18.2 Å². The molecule has 3 aromatic rings. The molecule has 0 fully saturated rings. The van der Waals surface area contributed by atoms with Crippen LogP contribution in [0.4, 0.5) is 17.1 Å². The van der Waals surface area contributed by atoms with Gasteiger partial charge in [0, 0.05) is 22.4 Å². The Morgan fingerprint density at radius 1 is 0.905 bits per heavy atom. The second-order valence-corrected chi connectivity index (χ2v) is 5.11. The first-order chi connectivity index (χ1) is 10.3. The van der Waals surface area contributed by atoms with E-state index in [2.05, 4.69) is 15.6 Å². The second-order valence-electron chi connectivity index (χ2n) is 4.40. The number of carbonyl (C=O) groups excluding carboxylic acids is 1. The molecule has 21 heavy (non-hydrogen) atoms. The first-order valence-corrected chi connectivity index (χ1v) is 7.37. The van der Waals surface area contributed by atoms with E-state index in [0.29, 0.717) is 5.69 Å². The van der Waals surface area contributed by atoms with Crippen LogP contribution in [-0.2, 0) is 0 Å². The van der Waals surface area contributed by atoms with Crippen molar-refractivity contribution < 1.29 is 4.79 Å². The number of amides is 1. The quantitative estimate of drug-likeness (QED) is 0.760. The molecule has 0 atom stereocenters. The van der Waals surface area contributed by atoms with Gasteiger partial charge in [0.2, 0.25) is 0 Å². The van der Waals surface area contributed by atoms with Crippen molar-refractivity contribution in [3.05, 3.63) is 71.2 Å². The van der Waals surface area contributed by atoms with Gasteiger partial charge >= 0.3 is 0 Å². The Hall–Kier alpha value is -2.66. The Kier molecular flexibility index (Phi) is 3.93. The second kappa shape index (κ2) is 6.19. The Bertz CT molecular complexity index is 709. The van der Waals surface area contributed by atoms with Gasteiger partial charge in [-0.25, -0.2) is 4.98 Å². The molecule has 0 unspecified atom stereocenters. The number of para-hydroxylation sites is 1. The lowest BCUT2D eigenvalue weighted by Crippen LogP contribution is -2.11. The molecule has 2 aromatic carbocycles. The summed E-state index contributed by atoms with van der Waals surface area (Å²) >= 11 is 1.40. The molecule has 5 heteroatoms. The van der Waals surface area contributed by atoms with Crippen LogP contribution in [0, 0.1) is 0 Å². The average molecular weight is 295 g/mol. The maximum absolute atomic E-state index is 11.9. The fraction of sp³-hybridized carbons (Fsp3) is 0. The highest BCUT2D eigenvalue weighted by Gasteiger charge is 2.07. The zero-order valence-corrected chi connectivity index (χ0v) is 11.9. The van der Waals surface area contributed by atoms with E-state index in [4.69, 9.17) is 0 Å². The molecular weight excluding hydrogens is 282 g/mol. The molecule has 2 N–H and O–H groups in total. The molecule has 0 saturated heterocycles. The first-order valence-electron chi connectivity index (χ1n) is 6.43. The van der Waals surface area contributed by atoms with Crippen LogP contribution in [0.25, 0.3) is 0 Å². The number of hydrogen-bond donors (Lipinski definition) is 2. The molecule has 1 aromatic heterocycles. The fourth-order valence-electron chi connectivity index (χ4n) is 1.84. The van der Waals surface area contributed by atoms with Gasteiger partial charge in [0.1, 0.15) is 5.69 Å². The molecule has 104 valence electrons. The van der Waals surface area contributed by atoms with E-state index in [1.54, 1.807) is 10.9 Å². The number of nitrogens with zero attached hydrogens (tertiary/aromatic N) is 1. The largest absolute Gasteiger partial charge is 0.356 e. The van der Waals surface area contributed by atoms with Crippen molar-refractivity contribution in [1.82, 2.24) is 4.98 Å². The molecule has 0 spiro atoms. The SMILES string of the molecule is O=C(Nc1ccc(Nc2ccccc2)cc1)c1cscn1. The van der Waals surface area contributed by atoms with Crippen LogP contribution >= 0.6 is 11.3 Å². The number of rotatable bonds is 4. The van der Waals surface area contributed by atoms with Crippen molar-refractivity contribution in [2.75, 3.05) is 10.6 Å². The van der Waals surface area contributed by atoms with E-state index in [1.165, 1.54) is 11.3 Å². The number of carbonyl (C=O) groups is 1. The lowest BCUT2D eigenvalue weighted by molar-refractivity contribution is 0.102.